The second kappa shape index (κ2) is 6.31. The molecule has 0 radical (unpaired) electrons. The van der Waals surface area contributed by atoms with E-state index in [1.807, 2.05) is 0 Å². The van der Waals surface area contributed by atoms with Crippen LogP contribution in [-0.4, -0.2) is 17.1 Å². The molecule has 19 heavy (non-hydrogen) atoms. The first-order chi connectivity index (χ1) is 9.16. The molecule has 6 heteroatoms. The fourth-order valence-electron chi connectivity index (χ4n) is 1.32. The van der Waals surface area contributed by atoms with E-state index in [0.29, 0.717) is 15.6 Å². The van der Waals surface area contributed by atoms with Gasteiger partial charge in [-0.25, -0.2) is 5.43 Å². The van der Waals surface area contributed by atoms with Crippen molar-refractivity contribution in [2.24, 2.45) is 5.10 Å². The molecule has 1 aromatic carbocycles. The van der Waals surface area contributed by atoms with Gasteiger partial charge in [0.1, 0.15) is 0 Å². The van der Waals surface area contributed by atoms with Crippen molar-refractivity contribution < 1.29 is 4.79 Å². The number of pyridine rings is 1. The van der Waals surface area contributed by atoms with E-state index in [1.165, 1.54) is 12.3 Å². The Morgan fingerprint density at radius 3 is 2.58 bits per heavy atom. The van der Waals surface area contributed by atoms with Crippen LogP contribution >= 0.6 is 23.2 Å². The van der Waals surface area contributed by atoms with E-state index in [9.17, 15) is 4.79 Å². The van der Waals surface area contributed by atoms with E-state index >= 15 is 0 Å². The van der Waals surface area contributed by atoms with Crippen molar-refractivity contribution in [3.05, 3.63) is 63.9 Å². The van der Waals surface area contributed by atoms with Gasteiger partial charge in [0.2, 0.25) is 0 Å². The van der Waals surface area contributed by atoms with E-state index in [1.54, 1.807) is 36.7 Å². The highest BCUT2D eigenvalue weighted by atomic mass is 35.5. The van der Waals surface area contributed by atoms with E-state index in [4.69, 9.17) is 23.2 Å². The van der Waals surface area contributed by atoms with Crippen LogP contribution in [0.2, 0.25) is 10.0 Å². The zero-order valence-corrected chi connectivity index (χ0v) is 11.2. The molecule has 0 fully saturated rings. The van der Waals surface area contributed by atoms with E-state index in [2.05, 4.69) is 15.5 Å². The van der Waals surface area contributed by atoms with E-state index in [0.717, 1.165) is 5.56 Å². The summed E-state index contributed by atoms with van der Waals surface area (Å²) in [6, 6.07) is 8.17. The molecule has 0 spiro atoms. The van der Waals surface area contributed by atoms with Gasteiger partial charge in [-0.2, -0.15) is 5.10 Å². The lowest BCUT2D eigenvalue weighted by atomic mass is 10.2. The topological polar surface area (TPSA) is 54.4 Å². The Labute approximate surface area is 120 Å². The van der Waals surface area contributed by atoms with Gasteiger partial charge in [0, 0.05) is 18.0 Å². The fourth-order valence-corrected chi connectivity index (χ4v) is 1.61. The lowest BCUT2D eigenvalue weighted by Crippen LogP contribution is -2.17. The van der Waals surface area contributed by atoms with Crippen LogP contribution in [0.4, 0.5) is 0 Å². The van der Waals surface area contributed by atoms with Crippen LogP contribution in [0.5, 0.6) is 0 Å². The van der Waals surface area contributed by atoms with Gasteiger partial charge in [0.15, 0.2) is 0 Å². The van der Waals surface area contributed by atoms with Gasteiger partial charge >= 0.3 is 0 Å². The van der Waals surface area contributed by atoms with Crippen LogP contribution in [0.15, 0.2) is 47.8 Å². The van der Waals surface area contributed by atoms with Crippen LogP contribution in [0.1, 0.15) is 15.9 Å². The van der Waals surface area contributed by atoms with Crippen molar-refractivity contribution in [1.29, 1.82) is 0 Å². The average molecular weight is 294 g/mol. The standard InChI is InChI=1S/C13H9Cl2N3O/c14-11-2-1-10(7-12(11)15)13(19)18-17-8-9-3-5-16-6-4-9/h1-8H,(H,18,19). The first-order valence-corrected chi connectivity index (χ1v) is 6.11. The van der Waals surface area contributed by atoms with Crippen molar-refractivity contribution >= 4 is 35.3 Å². The maximum absolute atomic E-state index is 11.8. The van der Waals surface area contributed by atoms with Crippen LogP contribution in [-0.2, 0) is 0 Å². The van der Waals surface area contributed by atoms with Crippen molar-refractivity contribution in [2.45, 2.75) is 0 Å². The Balaban J connectivity index is 2.01. The molecule has 2 rings (SSSR count). The van der Waals surface area contributed by atoms with Gasteiger partial charge in [-0.15, -0.1) is 0 Å². The summed E-state index contributed by atoms with van der Waals surface area (Å²) in [6.45, 7) is 0. The number of amides is 1. The second-order valence-electron chi connectivity index (χ2n) is 3.61. The quantitative estimate of drug-likeness (QED) is 0.698. The Morgan fingerprint density at radius 1 is 1.16 bits per heavy atom. The van der Waals surface area contributed by atoms with Gasteiger partial charge in [0.05, 0.1) is 16.3 Å². The summed E-state index contributed by atoms with van der Waals surface area (Å²) >= 11 is 11.6. The van der Waals surface area contributed by atoms with Crippen molar-refractivity contribution in [1.82, 2.24) is 10.4 Å². The third kappa shape index (κ3) is 3.77. The lowest BCUT2D eigenvalue weighted by Gasteiger charge is -2.01. The number of carbonyl (C=O) groups excluding carboxylic acids is 1. The first kappa shape index (κ1) is 13.5. The number of halogens is 2. The maximum Gasteiger partial charge on any atom is 0.271 e. The summed E-state index contributed by atoms with van der Waals surface area (Å²) in [4.78, 5) is 15.6. The molecule has 1 amide bonds. The van der Waals surface area contributed by atoms with Crippen LogP contribution in [0.25, 0.3) is 0 Å². The molecular weight excluding hydrogens is 285 g/mol. The summed E-state index contributed by atoms with van der Waals surface area (Å²) in [5.74, 6) is -0.358. The van der Waals surface area contributed by atoms with E-state index < -0.39 is 0 Å². The monoisotopic (exact) mass is 293 g/mol. The molecule has 0 aliphatic rings. The summed E-state index contributed by atoms with van der Waals surface area (Å²) in [5.41, 5.74) is 3.63. The van der Waals surface area contributed by atoms with Crippen molar-refractivity contribution in [3.8, 4) is 0 Å². The molecule has 0 saturated heterocycles. The molecule has 1 N–H and O–H groups in total. The highest BCUT2D eigenvalue weighted by Gasteiger charge is 2.06. The van der Waals surface area contributed by atoms with Gasteiger partial charge < -0.3 is 0 Å². The predicted molar refractivity (Wildman–Crippen MR) is 75.8 cm³/mol. The zero-order chi connectivity index (χ0) is 13.7. The number of aromatic nitrogens is 1. The normalized spacial score (nSPS) is 10.6. The number of hydrazone groups is 1. The van der Waals surface area contributed by atoms with Crippen LogP contribution in [0.3, 0.4) is 0 Å². The SMILES string of the molecule is O=C(NN=Cc1ccncc1)c1ccc(Cl)c(Cl)c1. The Bertz CT molecular complexity index is 615. The van der Waals surface area contributed by atoms with Gasteiger partial charge in [-0.05, 0) is 35.9 Å². The Hall–Kier alpha value is -1.91. The second-order valence-corrected chi connectivity index (χ2v) is 4.42. The first-order valence-electron chi connectivity index (χ1n) is 5.35. The molecule has 0 atom stereocenters. The molecule has 0 bridgehead atoms. The largest absolute Gasteiger partial charge is 0.271 e. The molecule has 0 aliphatic carbocycles. The minimum Gasteiger partial charge on any atom is -0.267 e. The number of benzene rings is 1. The minimum atomic E-state index is -0.358. The number of hydrogen-bond donors (Lipinski definition) is 1. The molecule has 0 saturated carbocycles. The predicted octanol–water partition coefficient (Wildman–Crippen LogP) is 3.15. The van der Waals surface area contributed by atoms with E-state index in [-0.39, 0.29) is 5.91 Å². The van der Waals surface area contributed by atoms with Crippen LogP contribution in [0, 0.1) is 0 Å². The van der Waals surface area contributed by atoms with Gasteiger partial charge in [0.25, 0.3) is 5.91 Å². The summed E-state index contributed by atoms with van der Waals surface area (Å²) in [7, 11) is 0. The molecule has 2 aromatic rings. The average Bonchev–Trinajstić information content (AvgIpc) is 2.43. The lowest BCUT2D eigenvalue weighted by molar-refractivity contribution is 0.0955. The summed E-state index contributed by atoms with van der Waals surface area (Å²) in [5, 5.41) is 4.57. The number of nitrogens with zero attached hydrogens (tertiary/aromatic N) is 2. The maximum atomic E-state index is 11.8. The fraction of sp³-hybridized carbons (Fsp3) is 0. The number of nitrogens with one attached hydrogen (secondary N) is 1. The molecule has 1 heterocycles. The van der Waals surface area contributed by atoms with Crippen molar-refractivity contribution in [2.75, 3.05) is 0 Å². The Morgan fingerprint density at radius 2 is 1.89 bits per heavy atom. The van der Waals surface area contributed by atoms with Gasteiger partial charge in [-0.3, -0.25) is 9.78 Å². The summed E-state index contributed by atoms with van der Waals surface area (Å²) < 4.78 is 0. The molecule has 1 aromatic heterocycles. The highest BCUT2D eigenvalue weighted by molar-refractivity contribution is 6.42. The molecule has 4 nitrogen and oxygen atoms in total. The minimum absolute atomic E-state index is 0.326. The molecular formula is C13H9Cl2N3O. The van der Waals surface area contributed by atoms with Crippen LogP contribution < -0.4 is 5.43 Å². The van der Waals surface area contributed by atoms with Crippen molar-refractivity contribution in [3.63, 3.8) is 0 Å². The number of rotatable bonds is 3. The zero-order valence-electron chi connectivity index (χ0n) is 9.68. The number of hydrogen-bond acceptors (Lipinski definition) is 3. The third-order valence-corrected chi connectivity index (χ3v) is 3.01. The smallest absolute Gasteiger partial charge is 0.267 e. The molecule has 0 unspecified atom stereocenters. The molecule has 96 valence electrons. The Kier molecular flexibility index (Phi) is 4.49. The molecule has 0 aliphatic heterocycles. The highest BCUT2D eigenvalue weighted by Crippen LogP contribution is 2.22. The number of carbonyl (C=O) groups is 1. The van der Waals surface area contributed by atoms with Gasteiger partial charge in [-0.1, -0.05) is 23.2 Å². The third-order valence-electron chi connectivity index (χ3n) is 2.27. The summed E-state index contributed by atoms with van der Waals surface area (Å²) in [6.07, 6.45) is 4.81.